The average Bonchev–Trinajstić information content (AvgIpc) is 3.58. The molecule has 1 aliphatic rings. The van der Waals surface area contributed by atoms with Crippen LogP contribution in [-0.2, 0) is 21.1 Å². The molecule has 0 fully saturated rings. The normalized spacial score (nSPS) is 12.6. The van der Waals surface area contributed by atoms with Crippen LogP contribution in [0.1, 0.15) is 0 Å². The van der Waals surface area contributed by atoms with Gasteiger partial charge in [0.05, 0.1) is 0 Å². The number of anilines is 4. The van der Waals surface area contributed by atoms with Crippen LogP contribution in [0.3, 0.4) is 0 Å². The van der Waals surface area contributed by atoms with E-state index in [4.69, 9.17) is 9.15 Å². The van der Waals surface area contributed by atoms with E-state index in [0.717, 1.165) is 33.4 Å². The van der Waals surface area contributed by atoms with Crippen molar-refractivity contribution in [2.75, 3.05) is 16.8 Å². The third-order valence-corrected chi connectivity index (χ3v) is 6.51. The zero-order chi connectivity index (χ0) is 26.2. The summed E-state index contributed by atoms with van der Waals surface area (Å²) in [5.74, 6) is 1.03. The van der Waals surface area contributed by atoms with Crippen molar-refractivity contribution in [1.82, 2.24) is 9.88 Å². The number of benzene rings is 4. The first-order chi connectivity index (χ1) is 19.2. The monoisotopic (exact) mass is 702 g/mol. The quantitative estimate of drug-likeness (QED) is 0.163. The summed E-state index contributed by atoms with van der Waals surface area (Å²) in [6.45, 7) is 2.01. The fourth-order valence-electron chi connectivity index (χ4n) is 4.74. The van der Waals surface area contributed by atoms with Gasteiger partial charge in [0, 0.05) is 55.7 Å². The third-order valence-electron chi connectivity index (χ3n) is 6.51. The molecule has 2 aromatic heterocycles. The van der Waals surface area contributed by atoms with Crippen molar-refractivity contribution in [3.63, 3.8) is 0 Å². The zero-order valence-electron chi connectivity index (χ0n) is 21.5. The van der Waals surface area contributed by atoms with E-state index < -0.39 is 0 Å². The van der Waals surface area contributed by atoms with Gasteiger partial charge >= 0.3 is 0 Å². The maximum absolute atomic E-state index is 6.46. The molecule has 0 N–H and O–H groups in total. The van der Waals surface area contributed by atoms with Crippen molar-refractivity contribution < 1.29 is 30.2 Å². The molecule has 40 heavy (non-hydrogen) atoms. The van der Waals surface area contributed by atoms with Crippen LogP contribution in [0.15, 0.2) is 120 Å². The van der Waals surface area contributed by atoms with Gasteiger partial charge < -0.3 is 23.9 Å². The number of aromatic nitrogens is 1. The second kappa shape index (κ2) is 10.9. The maximum Gasteiger partial charge on any atom is 0.216 e. The number of hydrogen-bond acceptors (Lipinski definition) is 6. The van der Waals surface area contributed by atoms with Gasteiger partial charge in [0.25, 0.3) is 0 Å². The van der Waals surface area contributed by atoms with Crippen molar-refractivity contribution in [1.29, 1.82) is 0 Å². The van der Waals surface area contributed by atoms with Gasteiger partial charge in [0.2, 0.25) is 5.88 Å². The second-order valence-corrected chi connectivity index (χ2v) is 9.17. The van der Waals surface area contributed by atoms with Crippen LogP contribution in [0.2, 0.25) is 0 Å². The van der Waals surface area contributed by atoms with Gasteiger partial charge in [0.15, 0.2) is 0 Å². The fraction of sp³-hybridized carbons (Fsp3) is 0.0303. The van der Waals surface area contributed by atoms with Gasteiger partial charge in [-0.25, -0.2) is 4.98 Å². The van der Waals surface area contributed by atoms with Gasteiger partial charge in [-0.2, -0.15) is 12.7 Å². The summed E-state index contributed by atoms with van der Waals surface area (Å²) in [4.78, 5) is 10.5. The van der Waals surface area contributed by atoms with Crippen molar-refractivity contribution in [3.05, 3.63) is 134 Å². The van der Waals surface area contributed by atoms with Gasteiger partial charge in [0.1, 0.15) is 5.58 Å². The van der Waals surface area contributed by atoms with Crippen LogP contribution in [0.4, 0.5) is 22.7 Å². The number of fused-ring (bicyclic) bond motifs is 3. The van der Waals surface area contributed by atoms with E-state index in [2.05, 4.69) is 40.2 Å². The van der Waals surface area contributed by atoms with E-state index in [1.807, 2.05) is 115 Å². The molecular formula is C33H23N4O2Pt-3. The molecular weight excluding hydrogens is 679 g/mol. The summed E-state index contributed by atoms with van der Waals surface area (Å²) in [5, 5.41) is 1.93. The Morgan fingerprint density at radius 1 is 0.850 bits per heavy atom. The van der Waals surface area contributed by atoms with Gasteiger partial charge in [-0.1, -0.05) is 53.5 Å². The Labute approximate surface area is 247 Å². The molecule has 0 radical (unpaired) electrons. The van der Waals surface area contributed by atoms with Crippen LogP contribution in [0, 0.1) is 18.8 Å². The molecule has 7 rings (SSSR count). The minimum atomic E-state index is 0. The van der Waals surface area contributed by atoms with Crippen LogP contribution >= 0.6 is 0 Å². The van der Waals surface area contributed by atoms with Gasteiger partial charge in [-0.15, -0.1) is 36.0 Å². The standard InChI is InChI=1S/C33H23N4O2.Pt/c1-35-18-19-36(23-35)25-12-9-13-26(20-25)37(24-10-3-2-4-11-24)30-22-27(38-32-16-7-8-17-34-32)21-29-28-14-5-6-15-31(28)39-33(29)30;/h2-19,21,23H,1H3;/q-3;. The number of ether oxygens (including phenoxy) is 1. The van der Waals surface area contributed by atoms with Crippen molar-refractivity contribution in [2.24, 2.45) is 0 Å². The molecule has 7 heteroatoms. The molecule has 1 aliphatic heterocycles. The largest absolute Gasteiger partial charge is 0.513 e. The Bertz CT molecular complexity index is 1800. The smallest absolute Gasteiger partial charge is 0.216 e. The van der Waals surface area contributed by atoms with E-state index >= 15 is 0 Å². The Morgan fingerprint density at radius 2 is 1.68 bits per heavy atom. The molecule has 0 aliphatic carbocycles. The summed E-state index contributed by atoms with van der Waals surface area (Å²) in [6.07, 6.45) is 5.72. The van der Waals surface area contributed by atoms with Crippen LogP contribution < -0.4 is 14.5 Å². The first-order valence-electron chi connectivity index (χ1n) is 12.6. The van der Waals surface area contributed by atoms with Gasteiger partial charge in [-0.3, -0.25) is 0 Å². The predicted molar refractivity (Wildman–Crippen MR) is 154 cm³/mol. The molecule has 0 unspecified atom stereocenters. The molecule has 0 spiro atoms. The Morgan fingerprint density at radius 3 is 2.48 bits per heavy atom. The second-order valence-electron chi connectivity index (χ2n) is 9.17. The molecule has 0 amide bonds. The number of para-hydroxylation sites is 2. The molecule has 6 aromatic rings. The first-order valence-corrected chi connectivity index (χ1v) is 12.6. The number of hydrogen-bond donors (Lipinski definition) is 0. The molecule has 6 nitrogen and oxygen atoms in total. The average molecular weight is 703 g/mol. The summed E-state index contributed by atoms with van der Waals surface area (Å²) in [5.41, 5.74) is 4.91. The first kappa shape index (κ1) is 25.7. The zero-order valence-corrected chi connectivity index (χ0v) is 23.7. The minimum Gasteiger partial charge on any atom is -0.513 e. The molecule has 0 bridgehead atoms. The van der Waals surface area contributed by atoms with Crippen molar-refractivity contribution in [2.45, 2.75) is 0 Å². The molecule has 0 atom stereocenters. The minimum absolute atomic E-state index is 0. The molecule has 3 heterocycles. The molecule has 200 valence electrons. The van der Waals surface area contributed by atoms with Crippen LogP contribution in [-0.4, -0.2) is 16.9 Å². The fourth-order valence-corrected chi connectivity index (χ4v) is 4.74. The predicted octanol–water partition coefficient (Wildman–Crippen LogP) is 8.18. The molecule has 4 aromatic carbocycles. The Balaban J connectivity index is 0.00000289. The SMILES string of the molecule is CN1C=CN(c2[c-]c(N(c3ccccc3)c3[c-]c(Oc4ccccn4)cc4c3oc3ccccc34)ccc2)[CH-]1.[Pt]. The molecule has 0 saturated heterocycles. The molecule has 0 saturated carbocycles. The Hall–Kier alpha value is -4.54. The van der Waals surface area contributed by atoms with E-state index in [1.165, 1.54) is 0 Å². The van der Waals surface area contributed by atoms with Gasteiger partial charge in [-0.05, 0) is 49.4 Å². The number of nitrogens with zero attached hydrogens (tertiary/aromatic N) is 4. The summed E-state index contributed by atoms with van der Waals surface area (Å²) < 4.78 is 12.7. The Kier molecular flexibility index (Phi) is 7.02. The number of pyridine rings is 1. The summed E-state index contributed by atoms with van der Waals surface area (Å²) in [6, 6.07) is 38.9. The van der Waals surface area contributed by atoms with E-state index in [0.29, 0.717) is 22.9 Å². The van der Waals surface area contributed by atoms with E-state index in [-0.39, 0.29) is 21.1 Å². The van der Waals surface area contributed by atoms with E-state index in [1.54, 1.807) is 6.20 Å². The van der Waals surface area contributed by atoms with Crippen LogP contribution in [0.25, 0.3) is 21.9 Å². The summed E-state index contributed by atoms with van der Waals surface area (Å²) in [7, 11) is 2.00. The van der Waals surface area contributed by atoms with E-state index in [9.17, 15) is 0 Å². The topological polar surface area (TPSA) is 45.0 Å². The van der Waals surface area contributed by atoms with Crippen molar-refractivity contribution >= 4 is 44.7 Å². The third kappa shape index (κ3) is 4.83. The summed E-state index contributed by atoms with van der Waals surface area (Å²) >= 11 is 0. The van der Waals surface area contributed by atoms with Crippen LogP contribution in [0.5, 0.6) is 11.6 Å². The van der Waals surface area contributed by atoms with Crippen molar-refractivity contribution in [3.8, 4) is 11.6 Å². The maximum atomic E-state index is 6.46. The number of furan rings is 1. The number of rotatable bonds is 6.